The number of fused-ring (bicyclic) bond motifs is 3. The summed E-state index contributed by atoms with van der Waals surface area (Å²) in [6.45, 7) is 6.22. The number of carbonyl (C=O) groups is 1. The van der Waals surface area contributed by atoms with E-state index < -0.39 is 0 Å². The van der Waals surface area contributed by atoms with Crippen LogP contribution in [0.1, 0.15) is 54.4 Å². The minimum absolute atomic E-state index is 0.00400. The molecule has 2 saturated carbocycles. The number of pyridine rings is 1. The summed E-state index contributed by atoms with van der Waals surface area (Å²) in [6, 6.07) is 10.1. The molecular weight excluding hydrogens is 372 g/mol. The lowest BCUT2D eigenvalue weighted by atomic mass is 9.84. The van der Waals surface area contributed by atoms with E-state index in [0.29, 0.717) is 11.5 Å². The van der Waals surface area contributed by atoms with E-state index in [9.17, 15) is 4.79 Å². The summed E-state index contributed by atoms with van der Waals surface area (Å²) < 4.78 is 1.87. The van der Waals surface area contributed by atoms with E-state index in [1.165, 1.54) is 25.7 Å². The molecule has 2 bridgehead atoms. The molecule has 5 nitrogen and oxygen atoms in total. The number of para-hydroxylation sites is 1. The molecule has 2 fully saturated rings. The molecule has 4 unspecified atom stereocenters. The van der Waals surface area contributed by atoms with Crippen LogP contribution in [0.2, 0.25) is 0 Å². The molecule has 0 saturated heterocycles. The average Bonchev–Trinajstić information content (AvgIpc) is 3.42. The van der Waals surface area contributed by atoms with Crippen LogP contribution in [0.3, 0.4) is 0 Å². The Balaban J connectivity index is 1.52. The number of hydrogen-bond donors (Lipinski definition) is 1. The Kier molecular flexibility index (Phi) is 4.64. The van der Waals surface area contributed by atoms with Crippen LogP contribution in [0, 0.1) is 31.6 Å². The van der Waals surface area contributed by atoms with Crippen LogP contribution in [-0.2, 0) is 7.05 Å². The Morgan fingerprint density at radius 3 is 2.67 bits per heavy atom. The first kappa shape index (κ1) is 19.3. The monoisotopic (exact) mass is 402 g/mol. The summed E-state index contributed by atoms with van der Waals surface area (Å²) in [4.78, 5) is 18.3. The zero-order valence-corrected chi connectivity index (χ0v) is 18.3. The molecule has 4 atom stereocenters. The van der Waals surface area contributed by atoms with Crippen molar-refractivity contribution in [2.45, 2.75) is 52.5 Å². The normalized spacial score (nSPS) is 23.8. The highest BCUT2D eigenvalue weighted by Gasteiger charge is 2.42. The molecule has 0 radical (unpaired) electrons. The highest BCUT2D eigenvalue weighted by Crippen LogP contribution is 2.49. The van der Waals surface area contributed by atoms with Gasteiger partial charge in [0.1, 0.15) is 0 Å². The van der Waals surface area contributed by atoms with Gasteiger partial charge >= 0.3 is 0 Å². The zero-order valence-electron chi connectivity index (χ0n) is 18.3. The summed E-state index contributed by atoms with van der Waals surface area (Å²) in [5.41, 5.74) is 5.35. The Morgan fingerprint density at radius 1 is 1.20 bits per heavy atom. The molecule has 5 heteroatoms. The van der Waals surface area contributed by atoms with E-state index in [2.05, 4.69) is 17.3 Å². The molecule has 5 rings (SSSR count). The van der Waals surface area contributed by atoms with E-state index in [0.717, 1.165) is 45.4 Å². The maximum absolute atomic E-state index is 13.4. The third-order valence-corrected chi connectivity index (χ3v) is 7.52. The molecule has 2 aliphatic rings. The largest absolute Gasteiger partial charge is 0.349 e. The van der Waals surface area contributed by atoms with Crippen molar-refractivity contribution in [1.82, 2.24) is 20.1 Å². The molecule has 2 aliphatic carbocycles. The summed E-state index contributed by atoms with van der Waals surface area (Å²) in [5, 5.41) is 8.78. The predicted molar refractivity (Wildman–Crippen MR) is 119 cm³/mol. The number of nitrogens with zero attached hydrogens (tertiary/aromatic N) is 3. The van der Waals surface area contributed by atoms with Crippen molar-refractivity contribution in [2.75, 3.05) is 0 Å². The summed E-state index contributed by atoms with van der Waals surface area (Å²) in [5.74, 6) is 2.28. The fourth-order valence-electron chi connectivity index (χ4n) is 5.93. The van der Waals surface area contributed by atoms with Crippen LogP contribution < -0.4 is 5.32 Å². The van der Waals surface area contributed by atoms with E-state index in [4.69, 9.17) is 4.98 Å². The minimum Gasteiger partial charge on any atom is -0.349 e. The van der Waals surface area contributed by atoms with Crippen LogP contribution in [-0.4, -0.2) is 26.7 Å². The van der Waals surface area contributed by atoms with Gasteiger partial charge in [-0.15, -0.1) is 0 Å². The first-order chi connectivity index (χ1) is 14.4. The van der Waals surface area contributed by atoms with Crippen molar-refractivity contribution in [2.24, 2.45) is 24.8 Å². The second-order valence-corrected chi connectivity index (χ2v) is 9.34. The quantitative estimate of drug-likeness (QED) is 0.681. The van der Waals surface area contributed by atoms with Crippen LogP contribution in [0.4, 0.5) is 0 Å². The van der Waals surface area contributed by atoms with Gasteiger partial charge in [0.15, 0.2) is 0 Å². The third-order valence-electron chi connectivity index (χ3n) is 7.52. The maximum atomic E-state index is 13.4. The summed E-state index contributed by atoms with van der Waals surface area (Å²) in [6.07, 6.45) is 5.33. The van der Waals surface area contributed by atoms with Crippen molar-refractivity contribution in [3.8, 4) is 11.3 Å². The Morgan fingerprint density at radius 2 is 2.00 bits per heavy atom. The van der Waals surface area contributed by atoms with Gasteiger partial charge in [0.25, 0.3) is 5.91 Å². The number of aryl methyl sites for hydroxylation is 2. The molecule has 0 aliphatic heterocycles. The van der Waals surface area contributed by atoms with E-state index in [1.54, 1.807) is 0 Å². The molecule has 3 aromatic rings. The molecule has 1 N–H and O–H groups in total. The standard InChI is InChI=1S/C25H30N4O/c1-14(20-12-17-9-10-18(20)11-17)26-25(30)21-13-23(24-15(2)28-29(4)16(24)3)27-22-8-6-5-7-19(21)22/h5-8,13-14,17-18,20H,9-12H2,1-4H3,(H,26,30). The minimum atomic E-state index is 0.00400. The van der Waals surface area contributed by atoms with E-state index in [-0.39, 0.29) is 11.9 Å². The van der Waals surface area contributed by atoms with Gasteiger partial charge in [-0.3, -0.25) is 9.48 Å². The Labute approximate surface area is 177 Å². The lowest BCUT2D eigenvalue weighted by molar-refractivity contribution is 0.0917. The molecule has 30 heavy (non-hydrogen) atoms. The second-order valence-electron chi connectivity index (χ2n) is 9.34. The SMILES string of the molecule is Cc1nn(C)c(C)c1-c1cc(C(=O)NC(C)C2CC3CCC2C3)c2ccccc2n1. The van der Waals surface area contributed by atoms with Gasteiger partial charge in [-0.2, -0.15) is 5.10 Å². The number of rotatable bonds is 4. The predicted octanol–water partition coefficient (Wildman–Crippen LogP) is 4.81. The van der Waals surface area contributed by atoms with Gasteiger partial charge in [0.05, 0.1) is 22.5 Å². The first-order valence-corrected chi connectivity index (χ1v) is 11.1. The van der Waals surface area contributed by atoms with Gasteiger partial charge in [0.2, 0.25) is 0 Å². The van der Waals surface area contributed by atoms with E-state index >= 15 is 0 Å². The van der Waals surface area contributed by atoms with Gasteiger partial charge in [-0.05, 0) is 69.9 Å². The highest BCUT2D eigenvalue weighted by atomic mass is 16.1. The first-order valence-electron chi connectivity index (χ1n) is 11.1. The average molecular weight is 403 g/mol. The fourth-order valence-corrected chi connectivity index (χ4v) is 5.93. The zero-order chi connectivity index (χ0) is 21.0. The van der Waals surface area contributed by atoms with Gasteiger partial charge in [-0.1, -0.05) is 24.6 Å². The molecule has 2 aromatic heterocycles. The number of aromatic nitrogens is 3. The second kappa shape index (κ2) is 7.22. The van der Waals surface area contributed by atoms with Crippen molar-refractivity contribution in [3.63, 3.8) is 0 Å². The Bertz CT molecular complexity index is 1130. The summed E-state index contributed by atoms with van der Waals surface area (Å²) in [7, 11) is 1.94. The molecule has 1 aromatic carbocycles. The molecule has 0 spiro atoms. The van der Waals surface area contributed by atoms with Crippen LogP contribution >= 0.6 is 0 Å². The van der Waals surface area contributed by atoms with Crippen molar-refractivity contribution >= 4 is 16.8 Å². The topological polar surface area (TPSA) is 59.8 Å². The fraction of sp³-hybridized carbons (Fsp3) is 0.480. The number of benzene rings is 1. The molecule has 1 amide bonds. The smallest absolute Gasteiger partial charge is 0.252 e. The van der Waals surface area contributed by atoms with Gasteiger partial charge < -0.3 is 5.32 Å². The third kappa shape index (κ3) is 3.11. The molecule has 156 valence electrons. The highest BCUT2D eigenvalue weighted by molar-refractivity contribution is 6.07. The summed E-state index contributed by atoms with van der Waals surface area (Å²) >= 11 is 0. The van der Waals surface area contributed by atoms with Gasteiger partial charge in [0, 0.05) is 29.7 Å². The number of carbonyl (C=O) groups excluding carboxylic acids is 1. The van der Waals surface area contributed by atoms with Gasteiger partial charge in [-0.25, -0.2) is 4.98 Å². The van der Waals surface area contributed by atoms with Crippen LogP contribution in [0.15, 0.2) is 30.3 Å². The lowest BCUT2D eigenvalue weighted by Gasteiger charge is -2.28. The molecule has 2 heterocycles. The number of nitrogens with one attached hydrogen (secondary N) is 1. The van der Waals surface area contributed by atoms with Crippen molar-refractivity contribution < 1.29 is 4.79 Å². The maximum Gasteiger partial charge on any atom is 0.252 e. The van der Waals surface area contributed by atoms with Crippen LogP contribution in [0.25, 0.3) is 22.2 Å². The van der Waals surface area contributed by atoms with E-state index in [1.807, 2.05) is 55.9 Å². The number of amides is 1. The lowest BCUT2D eigenvalue weighted by Crippen LogP contribution is -2.40. The number of hydrogen-bond acceptors (Lipinski definition) is 3. The van der Waals surface area contributed by atoms with Crippen molar-refractivity contribution in [3.05, 3.63) is 47.3 Å². The molecular formula is C25H30N4O. The van der Waals surface area contributed by atoms with Crippen molar-refractivity contribution in [1.29, 1.82) is 0 Å². The Hall–Kier alpha value is -2.69. The van der Waals surface area contributed by atoms with Crippen LogP contribution in [0.5, 0.6) is 0 Å².